The zero-order valence-electron chi connectivity index (χ0n) is 11.5. The Morgan fingerprint density at radius 2 is 2.10 bits per heavy atom. The van der Waals surface area contributed by atoms with Gasteiger partial charge in [-0.25, -0.2) is 8.42 Å². The first-order chi connectivity index (χ1) is 9.36. The smallest absolute Gasteiger partial charge is 0.244 e. The van der Waals surface area contributed by atoms with E-state index >= 15 is 0 Å². The number of nitrogens with zero attached hydrogens (tertiary/aromatic N) is 1. The van der Waals surface area contributed by atoms with E-state index in [1.54, 1.807) is 13.1 Å². The van der Waals surface area contributed by atoms with Crippen LogP contribution in [0.15, 0.2) is 17.0 Å². The van der Waals surface area contributed by atoms with Gasteiger partial charge in [0.1, 0.15) is 4.90 Å². The van der Waals surface area contributed by atoms with Gasteiger partial charge in [0.05, 0.1) is 5.02 Å². The Balaban J connectivity index is 2.46. The van der Waals surface area contributed by atoms with Crippen LogP contribution in [0.1, 0.15) is 18.9 Å². The van der Waals surface area contributed by atoms with Crippen molar-refractivity contribution in [1.29, 1.82) is 0 Å². The highest BCUT2D eigenvalue weighted by Gasteiger charge is 2.32. The highest BCUT2D eigenvalue weighted by molar-refractivity contribution is 7.89. The molecule has 1 aromatic rings. The molecule has 0 amide bonds. The Hall–Kier alpha value is -0.330. The summed E-state index contributed by atoms with van der Waals surface area (Å²) >= 11 is 12.3. The molecule has 0 spiro atoms. The summed E-state index contributed by atoms with van der Waals surface area (Å²) in [4.78, 5) is 0.103. The lowest BCUT2D eigenvalue weighted by Crippen LogP contribution is -2.29. The van der Waals surface area contributed by atoms with E-state index in [1.807, 2.05) is 6.92 Å². The van der Waals surface area contributed by atoms with Gasteiger partial charge < -0.3 is 5.32 Å². The molecule has 1 aliphatic heterocycles. The third kappa shape index (κ3) is 3.12. The summed E-state index contributed by atoms with van der Waals surface area (Å²) in [5, 5.41) is 3.59. The van der Waals surface area contributed by atoms with Crippen molar-refractivity contribution in [2.45, 2.75) is 24.8 Å². The molecular formula is C13H18Cl2N2O2S. The van der Waals surface area contributed by atoms with Crippen molar-refractivity contribution in [1.82, 2.24) is 9.62 Å². The normalized spacial score (nSPS) is 20.5. The molecule has 0 aromatic heterocycles. The Morgan fingerprint density at radius 3 is 2.65 bits per heavy atom. The van der Waals surface area contributed by atoms with Gasteiger partial charge in [0.2, 0.25) is 10.0 Å². The summed E-state index contributed by atoms with van der Waals surface area (Å²) in [6.07, 6.45) is 0.876. The highest BCUT2D eigenvalue weighted by atomic mass is 35.5. The molecule has 112 valence electrons. The number of rotatable bonds is 4. The molecule has 2 rings (SSSR count). The van der Waals surface area contributed by atoms with Crippen LogP contribution in [0.2, 0.25) is 10.0 Å². The number of hydrogen-bond acceptors (Lipinski definition) is 3. The molecule has 1 N–H and O–H groups in total. The highest BCUT2D eigenvalue weighted by Crippen LogP contribution is 2.33. The van der Waals surface area contributed by atoms with E-state index < -0.39 is 10.0 Å². The first-order valence-corrected chi connectivity index (χ1v) is 8.68. The van der Waals surface area contributed by atoms with Gasteiger partial charge in [-0.2, -0.15) is 4.31 Å². The summed E-state index contributed by atoms with van der Waals surface area (Å²) in [6.45, 7) is 3.58. The lowest BCUT2D eigenvalue weighted by atomic mass is 10.2. The average molecular weight is 337 g/mol. The second kappa shape index (κ2) is 6.20. The molecule has 0 aliphatic carbocycles. The van der Waals surface area contributed by atoms with E-state index in [0.717, 1.165) is 6.42 Å². The van der Waals surface area contributed by atoms with Gasteiger partial charge in [0, 0.05) is 24.7 Å². The molecule has 0 saturated carbocycles. The fraction of sp³-hybridized carbons (Fsp3) is 0.538. The summed E-state index contributed by atoms with van der Waals surface area (Å²) in [6, 6.07) is 3.12. The predicted molar refractivity (Wildman–Crippen MR) is 81.8 cm³/mol. The first-order valence-electron chi connectivity index (χ1n) is 6.49. The minimum atomic E-state index is -3.58. The molecule has 1 saturated heterocycles. The molecule has 1 aromatic carbocycles. The van der Waals surface area contributed by atoms with Gasteiger partial charge in [-0.05, 0) is 37.1 Å². The molecule has 1 atom stereocenters. The van der Waals surface area contributed by atoms with Crippen LogP contribution < -0.4 is 5.32 Å². The van der Waals surface area contributed by atoms with Crippen molar-refractivity contribution in [3.05, 3.63) is 27.7 Å². The Morgan fingerprint density at radius 1 is 1.40 bits per heavy atom. The number of sulfonamides is 1. The van der Waals surface area contributed by atoms with Crippen LogP contribution in [0.4, 0.5) is 0 Å². The van der Waals surface area contributed by atoms with E-state index in [1.165, 1.54) is 10.4 Å². The maximum Gasteiger partial charge on any atom is 0.244 e. The minimum absolute atomic E-state index is 0.103. The standard InChI is InChI=1S/C13H18Cl2N2O2S/c1-9-3-4-17(8-9)20(18,19)12-6-11(14)5-10(7-16-2)13(12)15/h5-6,9,16H,3-4,7-8H2,1-2H3. The van der Waals surface area contributed by atoms with Crippen LogP contribution in [0.3, 0.4) is 0 Å². The van der Waals surface area contributed by atoms with Gasteiger partial charge >= 0.3 is 0 Å². The summed E-state index contributed by atoms with van der Waals surface area (Å²) in [5.41, 5.74) is 0.687. The van der Waals surface area contributed by atoms with Gasteiger partial charge in [0.15, 0.2) is 0 Å². The SMILES string of the molecule is CNCc1cc(Cl)cc(S(=O)(=O)N2CCC(C)C2)c1Cl. The maximum absolute atomic E-state index is 12.7. The number of halogens is 2. The summed E-state index contributed by atoms with van der Waals surface area (Å²) < 4.78 is 26.8. The van der Waals surface area contributed by atoms with E-state index in [2.05, 4.69) is 5.32 Å². The van der Waals surface area contributed by atoms with Crippen molar-refractivity contribution >= 4 is 33.2 Å². The Labute approximate surface area is 130 Å². The minimum Gasteiger partial charge on any atom is -0.316 e. The fourth-order valence-corrected chi connectivity index (χ4v) is 4.86. The first kappa shape index (κ1) is 16.0. The molecule has 1 heterocycles. The zero-order chi connectivity index (χ0) is 14.9. The Kier molecular flexibility index (Phi) is 4.97. The lowest BCUT2D eigenvalue weighted by Gasteiger charge is -2.18. The van der Waals surface area contributed by atoms with Crippen LogP contribution in [-0.4, -0.2) is 32.9 Å². The van der Waals surface area contributed by atoms with Crippen LogP contribution in [-0.2, 0) is 16.6 Å². The molecule has 20 heavy (non-hydrogen) atoms. The molecule has 7 heteroatoms. The number of hydrogen-bond donors (Lipinski definition) is 1. The third-order valence-corrected chi connectivity index (χ3v) is 6.12. The van der Waals surface area contributed by atoms with E-state index in [-0.39, 0.29) is 9.92 Å². The van der Waals surface area contributed by atoms with Gasteiger partial charge in [-0.15, -0.1) is 0 Å². The number of nitrogens with one attached hydrogen (secondary N) is 1. The van der Waals surface area contributed by atoms with Crippen molar-refractivity contribution in [2.24, 2.45) is 5.92 Å². The molecule has 1 unspecified atom stereocenters. The molecule has 1 fully saturated rings. The summed E-state index contributed by atoms with van der Waals surface area (Å²) in [5.74, 6) is 0.375. The van der Waals surface area contributed by atoms with E-state index in [0.29, 0.717) is 36.1 Å². The van der Waals surface area contributed by atoms with Crippen molar-refractivity contribution in [3.63, 3.8) is 0 Å². The zero-order valence-corrected chi connectivity index (χ0v) is 13.8. The average Bonchev–Trinajstić information content (AvgIpc) is 2.81. The van der Waals surface area contributed by atoms with Crippen molar-refractivity contribution in [2.75, 3.05) is 20.1 Å². The maximum atomic E-state index is 12.7. The van der Waals surface area contributed by atoms with Gasteiger partial charge in [0.25, 0.3) is 0 Å². The second-order valence-corrected chi connectivity index (χ2v) is 7.89. The molecular weight excluding hydrogens is 319 g/mol. The monoisotopic (exact) mass is 336 g/mol. The van der Waals surface area contributed by atoms with Crippen molar-refractivity contribution < 1.29 is 8.42 Å². The third-order valence-electron chi connectivity index (χ3n) is 3.45. The molecule has 0 radical (unpaired) electrons. The van der Waals surface area contributed by atoms with Crippen molar-refractivity contribution in [3.8, 4) is 0 Å². The second-order valence-electron chi connectivity index (χ2n) is 5.16. The fourth-order valence-electron chi connectivity index (χ4n) is 2.38. The topological polar surface area (TPSA) is 49.4 Å². The van der Waals surface area contributed by atoms with Gasteiger partial charge in [-0.1, -0.05) is 30.1 Å². The quantitative estimate of drug-likeness (QED) is 0.919. The lowest BCUT2D eigenvalue weighted by molar-refractivity contribution is 0.464. The van der Waals surface area contributed by atoms with E-state index in [9.17, 15) is 8.42 Å². The van der Waals surface area contributed by atoms with Crippen LogP contribution in [0, 0.1) is 5.92 Å². The molecule has 1 aliphatic rings. The predicted octanol–water partition coefficient (Wildman–Crippen LogP) is 2.74. The van der Waals surface area contributed by atoms with Crippen LogP contribution in [0.25, 0.3) is 0 Å². The van der Waals surface area contributed by atoms with Crippen LogP contribution >= 0.6 is 23.2 Å². The number of benzene rings is 1. The van der Waals surface area contributed by atoms with Gasteiger partial charge in [-0.3, -0.25) is 0 Å². The molecule has 0 bridgehead atoms. The molecule has 4 nitrogen and oxygen atoms in total. The van der Waals surface area contributed by atoms with Crippen LogP contribution in [0.5, 0.6) is 0 Å². The summed E-state index contributed by atoms with van der Waals surface area (Å²) in [7, 11) is -1.81. The van der Waals surface area contributed by atoms with E-state index in [4.69, 9.17) is 23.2 Å². The Bertz CT molecular complexity index is 605. The largest absolute Gasteiger partial charge is 0.316 e.